The highest BCUT2D eigenvalue weighted by Crippen LogP contribution is 2.38. The molecule has 0 amide bonds. The first-order valence-corrected chi connectivity index (χ1v) is 9.81. The molecule has 1 saturated heterocycles. The van der Waals surface area contributed by atoms with Crippen LogP contribution in [0, 0.1) is 6.92 Å². The van der Waals surface area contributed by atoms with Crippen LogP contribution in [0.15, 0.2) is 18.3 Å². The molecule has 1 aromatic heterocycles. The molecule has 0 unspecified atom stereocenters. The lowest BCUT2D eigenvalue weighted by atomic mass is 9.99. The number of piperidine rings is 1. The van der Waals surface area contributed by atoms with Gasteiger partial charge in [0, 0.05) is 12.1 Å². The lowest BCUT2D eigenvalue weighted by molar-refractivity contribution is 0.263. The molecule has 0 spiro atoms. The fourth-order valence-corrected chi connectivity index (χ4v) is 3.48. The second-order valence-corrected chi connectivity index (χ2v) is 7.78. The molecule has 0 saturated carbocycles. The maximum atomic E-state index is 6.28. The number of methoxy groups -OCH3 is 1. The second kappa shape index (κ2) is 8.65. The van der Waals surface area contributed by atoms with Gasteiger partial charge < -0.3 is 25.4 Å². The zero-order valence-electron chi connectivity index (χ0n) is 17.5. The van der Waals surface area contributed by atoms with Gasteiger partial charge in [-0.1, -0.05) is 13.8 Å². The Balaban J connectivity index is 1.90. The minimum absolute atomic E-state index is 0.230. The van der Waals surface area contributed by atoms with Gasteiger partial charge in [-0.3, -0.25) is 0 Å². The summed E-state index contributed by atoms with van der Waals surface area (Å²) in [4.78, 5) is 10.9. The van der Waals surface area contributed by atoms with Gasteiger partial charge in [0.15, 0.2) is 11.6 Å². The average molecular weight is 386 g/mol. The summed E-state index contributed by atoms with van der Waals surface area (Å²) >= 11 is 0. The molecule has 0 aliphatic carbocycles. The van der Waals surface area contributed by atoms with Gasteiger partial charge in [-0.25, -0.2) is 4.98 Å². The van der Waals surface area contributed by atoms with Crippen LogP contribution in [0.2, 0.25) is 0 Å². The molecule has 1 fully saturated rings. The van der Waals surface area contributed by atoms with Crippen LogP contribution in [-0.4, -0.2) is 48.2 Å². The largest absolute Gasteiger partial charge is 0.496 e. The number of hydrogen-bond donors (Lipinski definition) is 2. The fraction of sp³-hybridized carbons (Fsp3) is 0.524. The summed E-state index contributed by atoms with van der Waals surface area (Å²) in [5.74, 6) is 3.28. The summed E-state index contributed by atoms with van der Waals surface area (Å²) < 4.78 is 11.8. The third kappa shape index (κ3) is 4.65. The molecule has 2 heterocycles. The van der Waals surface area contributed by atoms with Gasteiger partial charge in [-0.05, 0) is 63.0 Å². The second-order valence-electron chi connectivity index (χ2n) is 7.78. The summed E-state index contributed by atoms with van der Waals surface area (Å²) in [7, 11) is 3.81. The Kier molecular flexibility index (Phi) is 6.24. The van der Waals surface area contributed by atoms with E-state index < -0.39 is 0 Å². The Labute approximate surface area is 167 Å². The first-order valence-electron chi connectivity index (χ1n) is 9.81. The van der Waals surface area contributed by atoms with Gasteiger partial charge in [0.1, 0.15) is 11.5 Å². The Morgan fingerprint density at radius 3 is 2.54 bits per heavy atom. The number of ether oxygens (including phenoxy) is 2. The van der Waals surface area contributed by atoms with E-state index in [1.807, 2.05) is 13.0 Å². The zero-order chi connectivity index (χ0) is 20.3. The van der Waals surface area contributed by atoms with Crippen molar-refractivity contribution in [3.05, 3.63) is 29.5 Å². The van der Waals surface area contributed by atoms with Crippen molar-refractivity contribution in [3.8, 4) is 17.2 Å². The number of likely N-dealkylation sites (tertiary alicyclic amines) is 1. The topological polar surface area (TPSA) is 85.5 Å². The Hall–Kier alpha value is -2.54. The Morgan fingerprint density at radius 2 is 1.89 bits per heavy atom. The first-order chi connectivity index (χ1) is 13.4. The van der Waals surface area contributed by atoms with Crippen LogP contribution in [0.1, 0.15) is 43.7 Å². The number of aromatic nitrogens is 2. The minimum Gasteiger partial charge on any atom is -0.496 e. The highest BCUT2D eigenvalue weighted by Gasteiger charge is 2.20. The van der Waals surface area contributed by atoms with Gasteiger partial charge in [0.25, 0.3) is 0 Å². The first kappa shape index (κ1) is 20.2. The molecular formula is C21H31N5O2. The van der Waals surface area contributed by atoms with Gasteiger partial charge in [0.05, 0.1) is 13.3 Å². The van der Waals surface area contributed by atoms with Crippen molar-refractivity contribution in [3.63, 3.8) is 0 Å². The van der Waals surface area contributed by atoms with Gasteiger partial charge >= 0.3 is 0 Å². The number of hydrogen-bond acceptors (Lipinski definition) is 7. The Bertz CT molecular complexity index is 817. The van der Waals surface area contributed by atoms with Crippen molar-refractivity contribution < 1.29 is 9.47 Å². The number of nitrogens with one attached hydrogen (secondary N) is 1. The van der Waals surface area contributed by atoms with E-state index in [1.165, 1.54) is 0 Å². The molecule has 0 radical (unpaired) electrons. The van der Waals surface area contributed by atoms with Crippen molar-refractivity contribution in [2.24, 2.45) is 0 Å². The third-order valence-electron chi connectivity index (χ3n) is 5.20. The normalized spacial score (nSPS) is 15.6. The zero-order valence-corrected chi connectivity index (χ0v) is 17.5. The molecule has 0 bridgehead atoms. The SMILES string of the molecule is COc1cc(Oc2cnc(N)nc2NC2CCN(C)CC2)c(C(C)C)cc1C. The van der Waals surface area contributed by atoms with E-state index in [2.05, 4.69) is 47.1 Å². The monoisotopic (exact) mass is 385 g/mol. The van der Waals surface area contributed by atoms with Crippen molar-refractivity contribution in [1.82, 2.24) is 14.9 Å². The van der Waals surface area contributed by atoms with Crippen LogP contribution in [0.25, 0.3) is 0 Å². The molecule has 3 rings (SSSR count). The van der Waals surface area contributed by atoms with E-state index in [4.69, 9.17) is 15.2 Å². The van der Waals surface area contributed by atoms with Gasteiger partial charge in [0.2, 0.25) is 5.95 Å². The highest BCUT2D eigenvalue weighted by molar-refractivity contribution is 5.56. The maximum Gasteiger partial charge on any atom is 0.222 e. The van der Waals surface area contributed by atoms with E-state index in [0.29, 0.717) is 23.5 Å². The van der Waals surface area contributed by atoms with Gasteiger partial charge in [-0.15, -0.1) is 0 Å². The molecular weight excluding hydrogens is 354 g/mol. The number of rotatable bonds is 6. The van der Waals surface area contributed by atoms with Crippen molar-refractivity contribution in [2.45, 2.75) is 45.6 Å². The van der Waals surface area contributed by atoms with Crippen molar-refractivity contribution in [2.75, 3.05) is 38.3 Å². The van der Waals surface area contributed by atoms with Crippen LogP contribution >= 0.6 is 0 Å². The molecule has 1 aromatic carbocycles. The molecule has 7 heteroatoms. The lowest BCUT2D eigenvalue weighted by Gasteiger charge is -2.30. The van der Waals surface area contributed by atoms with Crippen LogP contribution in [0.4, 0.5) is 11.8 Å². The Morgan fingerprint density at radius 1 is 1.18 bits per heavy atom. The summed E-state index contributed by atoms with van der Waals surface area (Å²) in [6, 6.07) is 4.38. The molecule has 3 N–H and O–H groups in total. The van der Waals surface area contributed by atoms with Gasteiger partial charge in [-0.2, -0.15) is 4.98 Å². The van der Waals surface area contributed by atoms with Crippen LogP contribution < -0.4 is 20.5 Å². The molecule has 0 atom stereocenters. The van der Waals surface area contributed by atoms with E-state index >= 15 is 0 Å². The lowest BCUT2D eigenvalue weighted by Crippen LogP contribution is -2.37. The number of nitrogens with zero attached hydrogens (tertiary/aromatic N) is 3. The minimum atomic E-state index is 0.230. The summed E-state index contributed by atoms with van der Waals surface area (Å²) in [5.41, 5.74) is 8.04. The number of anilines is 2. The van der Waals surface area contributed by atoms with E-state index in [0.717, 1.165) is 48.6 Å². The van der Waals surface area contributed by atoms with Crippen LogP contribution in [0.5, 0.6) is 17.2 Å². The average Bonchev–Trinajstić information content (AvgIpc) is 2.66. The third-order valence-corrected chi connectivity index (χ3v) is 5.20. The summed E-state index contributed by atoms with van der Waals surface area (Å²) in [6.45, 7) is 8.44. The molecule has 1 aliphatic rings. The highest BCUT2D eigenvalue weighted by atomic mass is 16.5. The summed E-state index contributed by atoms with van der Waals surface area (Å²) in [5, 5.41) is 3.51. The van der Waals surface area contributed by atoms with Crippen molar-refractivity contribution >= 4 is 11.8 Å². The molecule has 2 aromatic rings. The number of nitrogen functional groups attached to an aromatic ring is 1. The smallest absolute Gasteiger partial charge is 0.222 e. The predicted molar refractivity (Wildman–Crippen MR) is 112 cm³/mol. The predicted octanol–water partition coefficient (Wildman–Crippen LogP) is 3.80. The standard InChI is InChI=1S/C21H31N5O2/c1-13(2)16-10-14(3)17(27-5)11-18(16)28-19-12-23-21(22)25-20(19)24-15-6-8-26(4)9-7-15/h10-13,15H,6-9H2,1-5H3,(H3,22,23,24,25). The molecule has 7 nitrogen and oxygen atoms in total. The van der Waals surface area contributed by atoms with E-state index in [9.17, 15) is 0 Å². The van der Waals surface area contributed by atoms with Crippen LogP contribution in [-0.2, 0) is 0 Å². The van der Waals surface area contributed by atoms with E-state index in [1.54, 1.807) is 13.3 Å². The summed E-state index contributed by atoms with van der Waals surface area (Å²) in [6.07, 6.45) is 3.74. The van der Waals surface area contributed by atoms with Crippen LogP contribution in [0.3, 0.4) is 0 Å². The molecule has 1 aliphatic heterocycles. The molecule has 152 valence electrons. The van der Waals surface area contributed by atoms with E-state index in [-0.39, 0.29) is 5.95 Å². The number of aryl methyl sites for hydroxylation is 1. The quantitative estimate of drug-likeness (QED) is 0.782. The van der Waals surface area contributed by atoms with Crippen molar-refractivity contribution in [1.29, 1.82) is 0 Å². The molecule has 28 heavy (non-hydrogen) atoms. The number of benzene rings is 1. The maximum absolute atomic E-state index is 6.28. The fourth-order valence-electron chi connectivity index (χ4n) is 3.48. The number of nitrogens with two attached hydrogens (primary N) is 1.